The van der Waals surface area contributed by atoms with Gasteiger partial charge in [-0.3, -0.25) is 0 Å². The summed E-state index contributed by atoms with van der Waals surface area (Å²) >= 11 is 5.61. The van der Waals surface area contributed by atoms with Gasteiger partial charge in [0.2, 0.25) is 5.88 Å². The lowest BCUT2D eigenvalue weighted by molar-refractivity contribution is 0.144. The minimum absolute atomic E-state index is 0.168. The third-order valence-electron chi connectivity index (χ3n) is 1.84. The molecule has 0 saturated carbocycles. The number of rotatable bonds is 3. The van der Waals surface area contributed by atoms with Gasteiger partial charge in [0.15, 0.2) is 0 Å². The summed E-state index contributed by atoms with van der Waals surface area (Å²) in [4.78, 5) is 3.70. The minimum Gasteiger partial charge on any atom is -0.481 e. The Labute approximate surface area is 85.9 Å². The first-order valence-electron chi connectivity index (χ1n) is 3.98. The number of aryl methyl sites for hydroxylation is 1. The summed E-state index contributed by atoms with van der Waals surface area (Å²) in [6, 6.07) is 1.57. The zero-order valence-corrected chi connectivity index (χ0v) is 8.61. The molecule has 1 aromatic rings. The van der Waals surface area contributed by atoms with Gasteiger partial charge in [0.25, 0.3) is 6.43 Å². The zero-order valence-electron chi connectivity index (χ0n) is 7.85. The summed E-state index contributed by atoms with van der Waals surface area (Å²) in [5, 5.41) is 0. The predicted molar refractivity (Wildman–Crippen MR) is 50.0 cm³/mol. The molecule has 0 amide bonds. The van der Waals surface area contributed by atoms with Gasteiger partial charge in [0, 0.05) is 5.56 Å². The zero-order chi connectivity index (χ0) is 10.7. The summed E-state index contributed by atoms with van der Waals surface area (Å²) in [6.45, 7) is 1.57. The maximum Gasteiger partial charge on any atom is 0.280 e. The molecule has 0 bridgehead atoms. The van der Waals surface area contributed by atoms with Crippen LogP contribution in [0.1, 0.15) is 23.2 Å². The molecule has 14 heavy (non-hydrogen) atoms. The highest BCUT2D eigenvalue weighted by Crippen LogP contribution is 2.26. The number of methoxy groups -OCH3 is 1. The first kappa shape index (κ1) is 11.2. The molecule has 0 spiro atoms. The molecule has 0 saturated heterocycles. The van der Waals surface area contributed by atoms with Crippen molar-refractivity contribution in [1.29, 1.82) is 0 Å². The molecular weight excluding hydrogens is 212 g/mol. The second-order valence-corrected chi connectivity index (χ2v) is 3.06. The molecule has 0 N–H and O–H groups in total. The lowest BCUT2D eigenvalue weighted by atomic mass is 10.1. The highest BCUT2D eigenvalue weighted by Gasteiger charge is 2.16. The van der Waals surface area contributed by atoms with E-state index in [1.165, 1.54) is 7.11 Å². The van der Waals surface area contributed by atoms with Crippen molar-refractivity contribution in [2.45, 2.75) is 19.2 Å². The second kappa shape index (κ2) is 4.55. The molecule has 1 aromatic heterocycles. The van der Waals surface area contributed by atoms with Gasteiger partial charge in [-0.05, 0) is 18.6 Å². The van der Waals surface area contributed by atoms with E-state index in [0.29, 0.717) is 11.1 Å². The third kappa shape index (κ3) is 2.12. The van der Waals surface area contributed by atoms with Crippen molar-refractivity contribution in [2.24, 2.45) is 0 Å². The molecule has 0 fully saturated rings. The Hall–Kier alpha value is -0.900. The first-order valence-corrected chi connectivity index (χ1v) is 4.52. The van der Waals surface area contributed by atoms with E-state index < -0.39 is 6.43 Å². The first-order chi connectivity index (χ1) is 6.60. The van der Waals surface area contributed by atoms with E-state index >= 15 is 0 Å². The average molecular weight is 222 g/mol. The van der Waals surface area contributed by atoms with Crippen LogP contribution in [0.25, 0.3) is 0 Å². The predicted octanol–water partition coefficient (Wildman–Crippen LogP) is 3.08. The van der Waals surface area contributed by atoms with Gasteiger partial charge in [-0.15, -0.1) is 11.6 Å². The average Bonchev–Trinajstić information content (AvgIpc) is 2.16. The number of nitrogens with zero attached hydrogens (tertiary/aromatic N) is 1. The minimum atomic E-state index is -2.59. The molecule has 1 heterocycles. The third-order valence-corrected chi connectivity index (χ3v) is 2.12. The molecule has 0 aliphatic carbocycles. The van der Waals surface area contributed by atoms with Gasteiger partial charge in [0.05, 0.1) is 13.0 Å². The van der Waals surface area contributed by atoms with Crippen LogP contribution in [0.5, 0.6) is 5.88 Å². The van der Waals surface area contributed by atoms with Gasteiger partial charge < -0.3 is 4.74 Å². The Balaban J connectivity index is 3.23. The molecule has 2 nitrogen and oxygen atoms in total. The Morgan fingerprint density at radius 1 is 1.57 bits per heavy atom. The number of hydrogen-bond acceptors (Lipinski definition) is 2. The fraction of sp³-hybridized carbons (Fsp3) is 0.444. The van der Waals surface area contributed by atoms with E-state index in [1.807, 2.05) is 0 Å². The van der Waals surface area contributed by atoms with E-state index in [2.05, 4.69) is 4.98 Å². The van der Waals surface area contributed by atoms with Crippen LogP contribution in [-0.4, -0.2) is 12.1 Å². The number of alkyl halides is 3. The summed E-state index contributed by atoms with van der Waals surface area (Å²) in [7, 11) is 1.38. The molecule has 0 radical (unpaired) electrons. The number of pyridine rings is 1. The van der Waals surface area contributed by atoms with Crippen LogP contribution in [0.15, 0.2) is 6.07 Å². The maximum atomic E-state index is 12.4. The van der Waals surface area contributed by atoms with Gasteiger partial charge in [0.1, 0.15) is 5.69 Å². The summed E-state index contributed by atoms with van der Waals surface area (Å²) in [6.07, 6.45) is -2.59. The summed E-state index contributed by atoms with van der Waals surface area (Å²) in [5.41, 5.74) is 0.795. The largest absolute Gasteiger partial charge is 0.481 e. The van der Waals surface area contributed by atoms with Crippen LogP contribution in [-0.2, 0) is 5.88 Å². The Morgan fingerprint density at radius 2 is 2.21 bits per heavy atom. The standard InChI is InChI=1S/C9H10ClF2NO/c1-5-3-6(4-10)9(14-2)13-7(5)8(11)12/h3,8H,4H2,1-2H3. The number of halogens is 3. The van der Waals surface area contributed by atoms with E-state index in [1.54, 1.807) is 13.0 Å². The number of aromatic nitrogens is 1. The van der Waals surface area contributed by atoms with Crippen molar-refractivity contribution in [1.82, 2.24) is 4.98 Å². The number of ether oxygens (including phenoxy) is 1. The van der Waals surface area contributed by atoms with Crippen molar-refractivity contribution in [2.75, 3.05) is 7.11 Å². The van der Waals surface area contributed by atoms with E-state index in [-0.39, 0.29) is 17.5 Å². The normalized spacial score (nSPS) is 10.7. The Bertz CT molecular complexity index is 331. The fourth-order valence-electron chi connectivity index (χ4n) is 1.16. The lowest BCUT2D eigenvalue weighted by Gasteiger charge is -2.09. The molecular formula is C9H10ClF2NO. The molecule has 5 heteroatoms. The van der Waals surface area contributed by atoms with E-state index in [4.69, 9.17) is 16.3 Å². The van der Waals surface area contributed by atoms with Crippen molar-refractivity contribution in [3.8, 4) is 5.88 Å². The van der Waals surface area contributed by atoms with Crippen molar-refractivity contribution in [3.05, 3.63) is 22.9 Å². The van der Waals surface area contributed by atoms with Crippen LogP contribution in [0.4, 0.5) is 8.78 Å². The van der Waals surface area contributed by atoms with Crippen LogP contribution in [0.3, 0.4) is 0 Å². The van der Waals surface area contributed by atoms with Crippen LogP contribution >= 0.6 is 11.6 Å². The SMILES string of the molecule is COc1nc(C(F)F)c(C)cc1CCl. The van der Waals surface area contributed by atoms with E-state index in [0.717, 1.165) is 0 Å². The highest BCUT2D eigenvalue weighted by molar-refractivity contribution is 6.17. The highest BCUT2D eigenvalue weighted by atomic mass is 35.5. The molecule has 1 rings (SSSR count). The Morgan fingerprint density at radius 3 is 2.64 bits per heavy atom. The van der Waals surface area contributed by atoms with Crippen molar-refractivity contribution >= 4 is 11.6 Å². The van der Waals surface area contributed by atoms with Crippen molar-refractivity contribution in [3.63, 3.8) is 0 Å². The van der Waals surface area contributed by atoms with Crippen LogP contribution < -0.4 is 4.74 Å². The molecule has 78 valence electrons. The van der Waals surface area contributed by atoms with Crippen LogP contribution in [0.2, 0.25) is 0 Å². The van der Waals surface area contributed by atoms with Gasteiger partial charge in [-0.25, -0.2) is 13.8 Å². The van der Waals surface area contributed by atoms with Crippen LogP contribution in [0, 0.1) is 6.92 Å². The lowest BCUT2D eigenvalue weighted by Crippen LogP contribution is -2.01. The van der Waals surface area contributed by atoms with Gasteiger partial charge >= 0.3 is 0 Å². The maximum absolute atomic E-state index is 12.4. The molecule has 0 atom stereocenters. The van der Waals surface area contributed by atoms with E-state index in [9.17, 15) is 8.78 Å². The second-order valence-electron chi connectivity index (χ2n) is 2.79. The molecule has 0 aliphatic rings. The summed E-state index contributed by atoms with van der Waals surface area (Å²) in [5.74, 6) is 0.362. The quantitative estimate of drug-likeness (QED) is 0.732. The summed E-state index contributed by atoms with van der Waals surface area (Å²) < 4.78 is 29.7. The fourth-order valence-corrected chi connectivity index (χ4v) is 1.35. The smallest absolute Gasteiger partial charge is 0.280 e. The topological polar surface area (TPSA) is 22.1 Å². The monoisotopic (exact) mass is 221 g/mol. The molecule has 0 unspecified atom stereocenters. The van der Waals surface area contributed by atoms with Crippen molar-refractivity contribution < 1.29 is 13.5 Å². The molecule has 0 aromatic carbocycles. The Kier molecular flexibility index (Phi) is 3.63. The van der Waals surface area contributed by atoms with Gasteiger partial charge in [-0.1, -0.05) is 0 Å². The number of hydrogen-bond donors (Lipinski definition) is 0. The van der Waals surface area contributed by atoms with Gasteiger partial charge in [-0.2, -0.15) is 0 Å². The molecule has 0 aliphatic heterocycles.